The van der Waals surface area contributed by atoms with E-state index in [-0.39, 0.29) is 12.3 Å². The maximum atomic E-state index is 12.2. The number of imidazole rings is 1. The van der Waals surface area contributed by atoms with Crippen molar-refractivity contribution in [2.45, 2.75) is 13.0 Å². The second-order valence-corrected chi connectivity index (χ2v) is 5.44. The quantitative estimate of drug-likeness (QED) is 0.785. The molecule has 0 fully saturated rings. The Morgan fingerprint density at radius 1 is 1.52 bits per heavy atom. The third kappa shape index (κ3) is 3.19. The number of rotatable bonds is 5. The molecular weight excluding hydrogens is 288 g/mol. The molecule has 0 aliphatic heterocycles. The standard InChI is InChI=1S/C14H14N4O2S/c1-18(8-12-15-4-5-16-12)13(19)7-10-9-21-14(17-10)11-3-2-6-20-11/h2-6,9H,7-8H2,1H3,(H,15,16). The molecule has 6 nitrogen and oxygen atoms in total. The van der Waals surface area contributed by atoms with Crippen LogP contribution in [0.5, 0.6) is 0 Å². The monoisotopic (exact) mass is 302 g/mol. The maximum absolute atomic E-state index is 12.2. The van der Waals surface area contributed by atoms with Crippen molar-refractivity contribution >= 4 is 17.2 Å². The molecule has 0 bridgehead atoms. The van der Waals surface area contributed by atoms with Crippen LogP contribution in [-0.2, 0) is 17.8 Å². The predicted octanol–water partition coefficient (Wildman–Crippen LogP) is 2.33. The van der Waals surface area contributed by atoms with E-state index in [4.69, 9.17) is 4.42 Å². The highest BCUT2D eigenvalue weighted by Crippen LogP contribution is 2.24. The Morgan fingerprint density at radius 2 is 2.43 bits per heavy atom. The molecule has 0 saturated heterocycles. The number of furan rings is 1. The number of hydrogen-bond donors (Lipinski definition) is 1. The van der Waals surface area contributed by atoms with Crippen molar-refractivity contribution in [2.75, 3.05) is 7.05 Å². The number of nitrogens with zero attached hydrogens (tertiary/aromatic N) is 3. The van der Waals surface area contributed by atoms with Crippen LogP contribution in [0, 0.1) is 0 Å². The molecule has 0 unspecified atom stereocenters. The number of H-pyrrole nitrogens is 1. The number of amides is 1. The Labute approximate surface area is 125 Å². The molecule has 1 amide bonds. The van der Waals surface area contributed by atoms with Gasteiger partial charge in [0.15, 0.2) is 10.8 Å². The van der Waals surface area contributed by atoms with E-state index in [2.05, 4.69) is 15.0 Å². The van der Waals surface area contributed by atoms with E-state index in [1.807, 2.05) is 17.5 Å². The molecular formula is C14H14N4O2S. The van der Waals surface area contributed by atoms with Crippen molar-refractivity contribution in [2.24, 2.45) is 0 Å². The van der Waals surface area contributed by atoms with Crippen LogP contribution in [0.4, 0.5) is 0 Å². The van der Waals surface area contributed by atoms with Crippen LogP contribution in [0.15, 0.2) is 40.6 Å². The Balaban J connectivity index is 1.62. The first-order valence-electron chi connectivity index (χ1n) is 6.43. The van der Waals surface area contributed by atoms with Gasteiger partial charge in [-0.05, 0) is 12.1 Å². The number of nitrogens with one attached hydrogen (secondary N) is 1. The van der Waals surface area contributed by atoms with E-state index in [1.54, 1.807) is 30.6 Å². The molecule has 1 N–H and O–H groups in total. The van der Waals surface area contributed by atoms with Gasteiger partial charge in [0.2, 0.25) is 5.91 Å². The first-order chi connectivity index (χ1) is 10.2. The van der Waals surface area contributed by atoms with Gasteiger partial charge in [-0.25, -0.2) is 9.97 Å². The molecule has 0 radical (unpaired) electrons. The summed E-state index contributed by atoms with van der Waals surface area (Å²) >= 11 is 1.47. The lowest BCUT2D eigenvalue weighted by atomic mass is 10.3. The Hall–Kier alpha value is -2.41. The van der Waals surface area contributed by atoms with E-state index in [9.17, 15) is 4.79 Å². The minimum Gasteiger partial charge on any atom is -0.462 e. The Bertz CT molecular complexity index is 703. The minimum atomic E-state index is 0.00250. The summed E-state index contributed by atoms with van der Waals surface area (Å²) in [6, 6.07) is 3.67. The highest BCUT2D eigenvalue weighted by Gasteiger charge is 2.14. The van der Waals surface area contributed by atoms with Crippen molar-refractivity contribution in [1.82, 2.24) is 19.9 Å². The first-order valence-corrected chi connectivity index (χ1v) is 7.31. The zero-order chi connectivity index (χ0) is 14.7. The molecule has 3 rings (SSSR count). The number of hydrogen-bond acceptors (Lipinski definition) is 5. The van der Waals surface area contributed by atoms with Crippen LogP contribution in [0.3, 0.4) is 0 Å². The van der Waals surface area contributed by atoms with Crippen LogP contribution in [-0.4, -0.2) is 32.8 Å². The van der Waals surface area contributed by atoms with Gasteiger partial charge in [0.25, 0.3) is 0 Å². The molecule has 0 spiro atoms. The van der Waals surface area contributed by atoms with E-state index in [0.29, 0.717) is 6.54 Å². The molecule has 3 aromatic heterocycles. The molecule has 0 aromatic carbocycles. The average Bonchev–Trinajstić information content (AvgIpc) is 3.20. The van der Waals surface area contributed by atoms with Crippen LogP contribution in [0.1, 0.15) is 11.5 Å². The zero-order valence-corrected chi connectivity index (χ0v) is 12.3. The second kappa shape index (κ2) is 5.92. The van der Waals surface area contributed by atoms with Crippen LogP contribution in [0.25, 0.3) is 10.8 Å². The lowest BCUT2D eigenvalue weighted by Crippen LogP contribution is -2.28. The van der Waals surface area contributed by atoms with Gasteiger partial charge in [-0.2, -0.15) is 0 Å². The molecule has 108 valence electrons. The smallest absolute Gasteiger partial charge is 0.228 e. The fourth-order valence-electron chi connectivity index (χ4n) is 1.89. The number of likely N-dealkylation sites (N-methyl/N-ethyl adjacent to an activating group) is 1. The van der Waals surface area contributed by atoms with Crippen molar-refractivity contribution < 1.29 is 9.21 Å². The molecule has 7 heteroatoms. The van der Waals surface area contributed by atoms with E-state index >= 15 is 0 Å². The van der Waals surface area contributed by atoms with Crippen LogP contribution < -0.4 is 0 Å². The predicted molar refractivity (Wildman–Crippen MR) is 78.6 cm³/mol. The summed E-state index contributed by atoms with van der Waals surface area (Å²) in [7, 11) is 1.75. The summed E-state index contributed by atoms with van der Waals surface area (Å²) in [6.45, 7) is 0.459. The third-order valence-electron chi connectivity index (χ3n) is 2.98. The van der Waals surface area contributed by atoms with Gasteiger partial charge in [-0.15, -0.1) is 11.3 Å². The van der Waals surface area contributed by atoms with Crippen molar-refractivity contribution in [3.8, 4) is 10.8 Å². The average molecular weight is 302 g/mol. The minimum absolute atomic E-state index is 0.00250. The maximum Gasteiger partial charge on any atom is 0.228 e. The van der Waals surface area contributed by atoms with Gasteiger partial charge < -0.3 is 14.3 Å². The number of aromatic nitrogens is 3. The number of carbonyl (C=O) groups excluding carboxylic acids is 1. The largest absolute Gasteiger partial charge is 0.462 e. The summed E-state index contributed by atoms with van der Waals surface area (Å²) in [5, 5.41) is 2.67. The SMILES string of the molecule is CN(Cc1ncc[nH]1)C(=O)Cc1csc(-c2ccco2)n1. The van der Waals surface area contributed by atoms with E-state index < -0.39 is 0 Å². The summed E-state index contributed by atoms with van der Waals surface area (Å²) in [6.07, 6.45) is 5.29. The number of aromatic amines is 1. The molecule has 0 saturated carbocycles. The van der Waals surface area contributed by atoms with Crippen molar-refractivity contribution in [3.63, 3.8) is 0 Å². The Kier molecular flexibility index (Phi) is 3.83. The van der Waals surface area contributed by atoms with Crippen molar-refractivity contribution in [3.05, 3.63) is 47.7 Å². The van der Waals surface area contributed by atoms with Gasteiger partial charge >= 0.3 is 0 Å². The summed E-state index contributed by atoms with van der Waals surface area (Å²) < 4.78 is 5.30. The fourth-order valence-corrected chi connectivity index (χ4v) is 2.67. The summed E-state index contributed by atoms with van der Waals surface area (Å²) in [4.78, 5) is 25.3. The van der Waals surface area contributed by atoms with Gasteiger partial charge in [0.05, 0.1) is 24.9 Å². The van der Waals surface area contributed by atoms with E-state index in [0.717, 1.165) is 22.3 Å². The van der Waals surface area contributed by atoms with Crippen molar-refractivity contribution in [1.29, 1.82) is 0 Å². The lowest BCUT2D eigenvalue weighted by Gasteiger charge is -2.14. The summed E-state index contributed by atoms with van der Waals surface area (Å²) in [5.74, 6) is 1.49. The molecule has 21 heavy (non-hydrogen) atoms. The van der Waals surface area contributed by atoms with Gasteiger partial charge in [-0.3, -0.25) is 4.79 Å². The normalized spacial score (nSPS) is 10.7. The number of carbonyl (C=O) groups is 1. The van der Waals surface area contributed by atoms with E-state index in [1.165, 1.54) is 11.3 Å². The van der Waals surface area contributed by atoms with Gasteiger partial charge in [0, 0.05) is 24.8 Å². The molecule has 3 heterocycles. The van der Waals surface area contributed by atoms with Gasteiger partial charge in [0.1, 0.15) is 5.82 Å². The zero-order valence-electron chi connectivity index (χ0n) is 11.4. The van der Waals surface area contributed by atoms with Crippen LogP contribution in [0.2, 0.25) is 0 Å². The highest BCUT2D eigenvalue weighted by molar-refractivity contribution is 7.13. The second-order valence-electron chi connectivity index (χ2n) is 4.58. The molecule has 0 aliphatic carbocycles. The molecule has 3 aromatic rings. The fraction of sp³-hybridized carbons (Fsp3) is 0.214. The Morgan fingerprint density at radius 3 is 3.14 bits per heavy atom. The van der Waals surface area contributed by atoms with Gasteiger partial charge in [-0.1, -0.05) is 0 Å². The topological polar surface area (TPSA) is 75.0 Å². The van der Waals surface area contributed by atoms with Crippen LogP contribution >= 0.6 is 11.3 Å². The third-order valence-corrected chi connectivity index (χ3v) is 3.89. The highest BCUT2D eigenvalue weighted by atomic mass is 32.1. The molecule has 0 atom stereocenters. The first kappa shape index (κ1) is 13.6. The lowest BCUT2D eigenvalue weighted by molar-refractivity contribution is -0.129. The number of thiazole rings is 1. The molecule has 0 aliphatic rings. The summed E-state index contributed by atoms with van der Waals surface area (Å²) in [5.41, 5.74) is 0.752.